The Morgan fingerprint density at radius 1 is 0.648 bits per heavy atom. The number of rotatable bonds is 29. The van der Waals surface area contributed by atoms with E-state index in [4.69, 9.17) is 4.74 Å². The van der Waals surface area contributed by atoms with Gasteiger partial charge in [-0.3, -0.25) is 58.1 Å². The minimum absolute atomic E-state index is 0. The number of unbranched alkanes of at least 4 members (excludes halogenated alkanes) is 1. The van der Waals surface area contributed by atoms with Gasteiger partial charge in [0.15, 0.2) is 0 Å². The third-order valence-electron chi connectivity index (χ3n) is 15.6. The Morgan fingerprint density at radius 2 is 1.24 bits per heavy atom. The van der Waals surface area contributed by atoms with Crippen LogP contribution in [0.5, 0.6) is 5.75 Å². The second kappa shape index (κ2) is 36.9. The van der Waals surface area contributed by atoms with Crippen molar-refractivity contribution >= 4 is 53.8 Å². The number of aliphatic carboxylic acids is 4. The Balaban J connectivity index is 0.0000141. The van der Waals surface area contributed by atoms with Gasteiger partial charge in [-0.15, -0.1) is 0 Å². The number of hydrogen-bond donors (Lipinski definition) is 7. The molecule has 0 unspecified atom stereocenters. The van der Waals surface area contributed by atoms with Gasteiger partial charge in [-0.1, -0.05) is 96.9 Å². The molecule has 0 saturated carbocycles. The molecule has 0 aromatic heterocycles. The fourth-order valence-corrected chi connectivity index (χ4v) is 10.9. The first-order valence-corrected chi connectivity index (χ1v) is 29.7. The van der Waals surface area contributed by atoms with Crippen molar-refractivity contribution in [1.82, 2.24) is 40.4 Å². The van der Waals surface area contributed by atoms with Gasteiger partial charge in [0.1, 0.15) is 24.4 Å². The van der Waals surface area contributed by atoms with Crippen molar-refractivity contribution in [2.75, 3.05) is 105 Å². The van der Waals surface area contributed by atoms with Crippen molar-refractivity contribution in [2.45, 2.75) is 96.4 Å². The molecule has 487 valence electrons. The SMILES string of the molecule is Cc1ccc(CCCC(=O)NCCCC[C@H](NC(=O)CN2CCN(CC(=O)O)CCN(CC(=O)O)CCN(CC(=O)O)CC2)C(=O)NCCOc2cc(/C=C/c3cccc(-c4ccccc4)c3C)c(C(F)(F)F)cc2CN2CCCC[C@H]2C(=O)O)cc1.[Lu]. The van der Waals surface area contributed by atoms with Crippen LogP contribution in [0.3, 0.4) is 0 Å². The summed E-state index contributed by atoms with van der Waals surface area (Å²) in [5, 5.41) is 47.7. The number of aryl methyl sites for hydroxylation is 2. The number of nitrogens with zero attached hydrogens (tertiary/aromatic N) is 5. The Hall–Kier alpha value is -6.47. The average Bonchev–Trinajstić information content (AvgIpc) is 2.21. The molecule has 2 heterocycles. The summed E-state index contributed by atoms with van der Waals surface area (Å²) in [5.41, 5.74) is 4.61. The fourth-order valence-electron chi connectivity index (χ4n) is 10.9. The molecule has 24 heteroatoms. The minimum atomic E-state index is -4.82. The maximum Gasteiger partial charge on any atom is 0.417 e. The van der Waals surface area contributed by atoms with Gasteiger partial charge in [-0.05, 0) is 111 Å². The second-order valence-electron chi connectivity index (χ2n) is 22.3. The minimum Gasteiger partial charge on any atom is -0.491 e. The number of carbonyl (C=O) groups excluding carboxylic acids is 3. The third-order valence-corrected chi connectivity index (χ3v) is 15.6. The van der Waals surface area contributed by atoms with E-state index in [9.17, 15) is 54.0 Å². The topological polar surface area (TPSA) is 262 Å². The maximum absolute atomic E-state index is 15.1. The zero-order valence-electron chi connectivity index (χ0n) is 50.0. The number of benzene rings is 4. The van der Waals surface area contributed by atoms with E-state index in [1.807, 2.05) is 86.6 Å². The summed E-state index contributed by atoms with van der Waals surface area (Å²) in [7, 11) is 0. The van der Waals surface area contributed by atoms with Crippen LogP contribution in [-0.2, 0) is 52.7 Å². The van der Waals surface area contributed by atoms with E-state index in [2.05, 4.69) is 16.0 Å². The number of amides is 3. The number of likely N-dealkylation sites (tertiary alicyclic amines) is 1. The molecule has 4 aromatic rings. The van der Waals surface area contributed by atoms with Gasteiger partial charge in [0.2, 0.25) is 17.7 Å². The van der Waals surface area contributed by atoms with Gasteiger partial charge in [0.05, 0.1) is 38.3 Å². The first-order chi connectivity index (χ1) is 41.6. The Bertz CT molecular complexity index is 2940. The molecule has 0 spiro atoms. The van der Waals surface area contributed by atoms with Crippen molar-refractivity contribution in [3.05, 3.63) is 124 Å². The summed E-state index contributed by atoms with van der Waals surface area (Å²) < 4.78 is 51.6. The van der Waals surface area contributed by atoms with Gasteiger partial charge >= 0.3 is 30.1 Å². The van der Waals surface area contributed by atoms with Crippen LogP contribution in [-0.4, -0.2) is 203 Å². The number of nitrogens with one attached hydrogen (secondary N) is 3. The van der Waals surface area contributed by atoms with Crippen molar-refractivity contribution in [3.8, 4) is 16.9 Å². The molecule has 6 rings (SSSR count). The molecule has 0 aliphatic carbocycles. The van der Waals surface area contributed by atoms with Gasteiger partial charge in [0, 0.05) is 114 Å². The normalized spacial score (nSPS) is 16.5. The van der Waals surface area contributed by atoms with E-state index in [1.54, 1.807) is 30.6 Å². The number of halogens is 3. The van der Waals surface area contributed by atoms with E-state index in [0.29, 0.717) is 63.6 Å². The molecular weight excluding hydrogens is 1300 g/mol. The molecule has 20 nitrogen and oxygen atoms in total. The number of carbonyl (C=O) groups is 7. The largest absolute Gasteiger partial charge is 0.491 e. The molecule has 88 heavy (non-hydrogen) atoms. The summed E-state index contributed by atoms with van der Waals surface area (Å²) in [6.07, 6.45) is 2.43. The standard InChI is InChI=1S/C64H83F3N8O12.Lu/c1-45-20-22-47(23-21-45)12-10-19-57(76)68-26-8-6-17-54(70-58(77)41-71-29-31-72(42-59(78)79)33-35-74(44-61(82)83)36-34-73(32-30-71)43-60(80)81)62(84)69-27-37-87-56-39-50(25-24-48-15-11-16-52(46(48)2)49-13-4-3-5-14-49)53(64(65,66)67)38-51(56)40-75-28-9-7-18-55(75)63(85)86;/h3-5,11,13-16,20-25,38-39,54-55H,6-10,12,17-19,26-37,40-44H2,1-2H3,(H,68,76)(H,69,84)(H,70,77)(H,78,79)(H,80,81)(H,82,83)(H,85,86);/b25-24+;/t54-,55-;/m0./s1. The number of piperidine rings is 1. The number of ether oxygens (including phenoxy) is 1. The van der Waals surface area contributed by atoms with Crippen LogP contribution in [0.2, 0.25) is 0 Å². The van der Waals surface area contributed by atoms with Crippen LogP contribution in [0.1, 0.15) is 90.3 Å². The van der Waals surface area contributed by atoms with Gasteiger partial charge < -0.3 is 41.1 Å². The van der Waals surface area contributed by atoms with Gasteiger partial charge in [-0.2, -0.15) is 13.2 Å². The van der Waals surface area contributed by atoms with E-state index in [0.717, 1.165) is 40.3 Å². The molecule has 2 saturated heterocycles. The first-order valence-electron chi connectivity index (χ1n) is 29.7. The zero-order chi connectivity index (χ0) is 62.9. The number of alkyl halides is 3. The van der Waals surface area contributed by atoms with Crippen LogP contribution in [0.15, 0.2) is 84.9 Å². The summed E-state index contributed by atoms with van der Waals surface area (Å²) in [6, 6.07) is 23.5. The summed E-state index contributed by atoms with van der Waals surface area (Å²) in [5.74, 6) is -5.65. The van der Waals surface area contributed by atoms with Crippen LogP contribution >= 0.6 is 0 Å². The third kappa shape index (κ3) is 24.8. The number of carboxylic acids is 4. The molecule has 7 N–H and O–H groups in total. The molecule has 4 aromatic carbocycles. The van der Waals surface area contributed by atoms with Crippen molar-refractivity contribution in [3.63, 3.8) is 0 Å². The predicted molar refractivity (Wildman–Crippen MR) is 323 cm³/mol. The van der Waals surface area contributed by atoms with Gasteiger partial charge in [0.25, 0.3) is 0 Å². The van der Waals surface area contributed by atoms with Crippen LogP contribution < -0.4 is 20.7 Å². The monoisotopic (exact) mass is 1390 g/mol. The molecule has 2 fully saturated rings. The second-order valence-corrected chi connectivity index (χ2v) is 22.3. The maximum atomic E-state index is 15.1. The summed E-state index contributed by atoms with van der Waals surface area (Å²) >= 11 is 0. The first kappa shape index (κ1) is 72.3. The molecule has 0 bridgehead atoms. The summed E-state index contributed by atoms with van der Waals surface area (Å²) in [6.45, 7) is 3.94. The molecule has 1 radical (unpaired) electrons. The van der Waals surface area contributed by atoms with Crippen LogP contribution in [0, 0.1) is 50.7 Å². The van der Waals surface area contributed by atoms with E-state index in [1.165, 1.54) is 12.1 Å². The number of hydrogen-bond acceptors (Lipinski definition) is 13. The molecule has 2 atom stereocenters. The number of carboxylic acid groups (broad SMARTS) is 4. The van der Waals surface area contributed by atoms with Crippen LogP contribution in [0.25, 0.3) is 23.3 Å². The van der Waals surface area contributed by atoms with E-state index in [-0.39, 0.29) is 164 Å². The predicted octanol–water partition coefficient (Wildman–Crippen LogP) is 6.36. The quantitative estimate of drug-likeness (QED) is 0.0230. The smallest absolute Gasteiger partial charge is 0.417 e. The Morgan fingerprint density at radius 3 is 1.82 bits per heavy atom. The van der Waals surface area contributed by atoms with Gasteiger partial charge in [-0.25, -0.2) is 0 Å². The van der Waals surface area contributed by atoms with Crippen LogP contribution in [0.4, 0.5) is 13.2 Å². The molecular formula is C64H83F3LuN8O12. The van der Waals surface area contributed by atoms with E-state index >= 15 is 13.2 Å². The van der Waals surface area contributed by atoms with Crippen molar-refractivity contribution in [2.24, 2.45) is 0 Å². The molecule has 2 aliphatic heterocycles. The molecule has 2 aliphatic rings. The van der Waals surface area contributed by atoms with Crippen molar-refractivity contribution in [1.29, 1.82) is 0 Å². The Labute approximate surface area is 541 Å². The summed E-state index contributed by atoms with van der Waals surface area (Å²) in [4.78, 5) is 97.2. The zero-order valence-corrected chi connectivity index (χ0v) is 51.6. The molecule has 3 amide bonds. The van der Waals surface area contributed by atoms with Crippen molar-refractivity contribution < 1.29 is 109 Å². The average molecular weight is 1390 g/mol. The van der Waals surface area contributed by atoms with E-state index < -0.39 is 59.5 Å². The fraction of sp³-hybridized carbons (Fsp3) is 0.484. The Kier molecular flexibility index (Phi) is 30.3.